The normalized spacial score (nSPS) is 24.2. The van der Waals surface area contributed by atoms with Gasteiger partial charge in [0, 0.05) is 19.0 Å². The predicted molar refractivity (Wildman–Crippen MR) is 63.7 cm³/mol. The molecule has 1 aromatic rings. The fourth-order valence-corrected chi connectivity index (χ4v) is 2.13. The van der Waals surface area contributed by atoms with Gasteiger partial charge in [0.2, 0.25) is 0 Å². The third-order valence-electron chi connectivity index (χ3n) is 3.11. The predicted octanol–water partition coefficient (Wildman–Crippen LogP) is 2.55. The molecule has 1 saturated carbocycles. The largest absolute Gasteiger partial charge is 0.313 e. The zero-order valence-corrected chi connectivity index (χ0v) is 8.95. The molecule has 1 fully saturated rings. The van der Waals surface area contributed by atoms with Gasteiger partial charge in [-0.15, -0.1) is 12.3 Å². The van der Waals surface area contributed by atoms with E-state index in [2.05, 4.69) is 41.6 Å². The van der Waals surface area contributed by atoms with E-state index in [-0.39, 0.29) is 0 Å². The first-order chi connectivity index (χ1) is 7.40. The Morgan fingerprint density at radius 3 is 2.67 bits per heavy atom. The van der Waals surface area contributed by atoms with E-state index in [9.17, 15) is 0 Å². The summed E-state index contributed by atoms with van der Waals surface area (Å²) in [7, 11) is 0. The molecule has 0 amide bonds. The van der Waals surface area contributed by atoms with Crippen molar-refractivity contribution >= 4 is 0 Å². The lowest BCUT2D eigenvalue weighted by molar-refractivity contribution is 0.294. The summed E-state index contributed by atoms with van der Waals surface area (Å²) in [5, 5.41) is 3.48. The molecule has 0 spiro atoms. The average molecular weight is 199 g/mol. The van der Waals surface area contributed by atoms with Crippen molar-refractivity contribution in [1.29, 1.82) is 0 Å². The van der Waals surface area contributed by atoms with Crippen LogP contribution in [0.4, 0.5) is 0 Å². The Labute approximate surface area is 91.9 Å². The highest BCUT2D eigenvalue weighted by molar-refractivity contribution is 5.22. The zero-order valence-electron chi connectivity index (χ0n) is 8.95. The maximum absolute atomic E-state index is 5.20. The second-order valence-corrected chi connectivity index (χ2v) is 4.18. The molecule has 0 unspecified atom stereocenters. The van der Waals surface area contributed by atoms with E-state index in [4.69, 9.17) is 6.42 Å². The van der Waals surface area contributed by atoms with Gasteiger partial charge in [-0.3, -0.25) is 0 Å². The average Bonchev–Trinajstić information content (AvgIpc) is 2.23. The van der Waals surface area contributed by atoms with Crippen LogP contribution < -0.4 is 5.32 Å². The topological polar surface area (TPSA) is 12.0 Å². The van der Waals surface area contributed by atoms with Crippen LogP contribution in [-0.4, -0.2) is 12.6 Å². The molecule has 1 aromatic carbocycles. The molecule has 0 aliphatic heterocycles. The van der Waals surface area contributed by atoms with Gasteiger partial charge in [-0.05, 0) is 24.3 Å². The number of hydrogen-bond acceptors (Lipinski definition) is 1. The molecule has 2 rings (SSSR count). The molecule has 78 valence electrons. The van der Waals surface area contributed by atoms with Gasteiger partial charge in [0.25, 0.3) is 0 Å². The third-order valence-corrected chi connectivity index (χ3v) is 3.11. The standard InChI is InChI=1S/C14H17N/c1-2-3-9-15-14-10-13(11-14)12-7-5-4-6-8-12/h1,4-8,13-15H,3,9-11H2. The Kier molecular flexibility index (Phi) is 3.42. The molecule has 0 atom stereocenters. The summed E-state index contributed by atoms with van der Waals surface area (Å²) in [5.74, 6) is 3.41. The van der Waals surface area contributed by atoms with Crippen LogP contribution in [0.1, 0.15) is 30.7 Å². The van der Waals surface area contributed by atoms with E-state index >= 15 is 0 Å². The monoisotopic (exact) mass is 199 g/mol. The van der Waals surface area contributed by atoms with Crippen molar-refractivity contribution in [2.45, 2.75) is 31.2 Å². The summed E-state index contributed by atoms with van der Waals surface area (Å²) in [6.45, 7) is 0.961. The van der Waals surface area contributed by atoms with E-state index in [1.54, 1.807) is 0 Å². The zero-order chi connectivity index (χ0) is 10.5. The first kappa shape index (κ1) is 10.3. The number of hydrogen-bond donors (Lipinski definition) is 1. The molecule has 0 heterocycles. The minimum atomic E-state index is 0.684. The van der Waals surface area contributed by atoms with Gasteiger partial charge >= 0.3 is 0 Å². The van der Waals surface area contributed by atoms with Crippen LogP contribution in [-0.2, 0) is 0 Å². The van der Waals surface area contributed by atoms with Crippen LogP contribution in [0.25, 0.3) is 0 Å². The Bertz CT molecular complexity index is 330. The van der Waals surface area contributed by atoms with E-state index in [1.807, 2.05) is 0 Å². The quantitative estimate of drug-likeness (QED) is 0.580. The van der Waals surface area contributed by atoms with Gasteiger partial charge in [-0.1, -0.05) is 30.3 Å². The second kappa shape index (κ2) is 5.00. The molecule has 0 radical (unpaired) electrons. The van der Waals surface area contributed by atoms with Crippen molar-refractivity contribution in [2.24, 2.45) is 0 Å². The fraction of sp³-hybridized carbons (Fsp3) is 0.429. The fourth-order valence-electron chi connectivity index (χ4n) is 2.13. The minimum absolute atomic E-state index is 0.684. The molecule has 1 heteroatoms. The van der Waals surface area contributed by atoms with Gasteiger partial charge < -0.3 is 5.32 Å². The highest BCUT2D eigenvalue weighted by Gasteiger charge is 2.29. The summed E-state index contributed by atoms with van der Waals surface area (Å²) >= 11 is 0. The molecule has 0 saturated heterocycles. The Hall–Kier alpha value is -1.26. The summed E-state index contributed by atoms with van der Waals surface area (Å²) in [6.07, 6.45) is 8.56. The van der Waals surface area contributed by atoms with E-state index < -0.39 is 0 Å². The van der Waals surface area contributed by atoms with E-state index in [0.717, 1.165) is 18.9 Å². The number of terminal acetylenes is 1. The van der Waals surface area contributed by atoms with Crippen LogP contribution in [0.3, 0.4) is 0 Å². The van der Waals surface area contributed by atoms with Crippen molar-refractivity contribution in [2.75, 3.05) is 6.54 Å². The molecule has 1 aliphatic rings. The van der Waals surface area contributed by atoms with Crippen molar-refractivity contribution in [3.8, 4) is 12.3 Å². The summed E-state index contributed by atoms with van der Waals surface area (Å²) < 4.78 is 0. The lowest BCUT2D eigenvalue weighted by atomic mass is 9.76. The molecule has 1 nitrogen and oxygen atoms in total. The lowest BCUT2D eigenvalue weighted by Crippen LogP contribution is -2.40. The number of nitrogens with one attached hydrogen (secondary N) is 1. The molecule has 1 aliphatic carbocycles. The van der Waals surface area contributed by atoms with Crippen molar-refractivity contribution in [3.05, 3.63) is 35.9 Å². The van der Waals surface area contributed by atoms with Crippen LogP contribution in [0.5, 0.6) is 0 Å². The van der Waals surface area contributed by atoms with Crippen molar-refractivity contribution in [3.63, 3.8) is 0 Å². The van der Waals surface area contributed by atoms with Gasteiger partial charge in [-0.25, -0.2) is 0 Å². The number of rotatable bonds is 4. The summed E-state index contributed by atoms with van der Waals surface area (Å²) in [5.41, 5.74) is 1.48. The maximum Gasteiger partial charge on any atom is 0.0211 e. The maximum atomic E-state index is 5.20. The highest BCUT2D eigenvalue weighted by Crippen LogP contribution is 2.36. The minimum Gasteiger partial charge on any atom is -0.313 e. The molecule has 0 bridgehead atoms. The summed E-state index contributed by atoms with van der Waals surface area (Å²) in [6, 6.07) is 11.4. The second-order valence-electron chi connectivity index (χ2n) is 4.18. The first-order valence-electron chi connectivity index (χ1n) is 5.62. The Morgan fingerprint density at radius 1 is 1.27 bits per heavy atom. The van der Waals surface area contributed by atoms with Crippen LogP contribution >= 0.6 is 0 Å². The van der Waals surface area contributed by atoms with Gasteiger partial charge in [-0.2, -0.15) is 0 Å². The van der Waals surface area contributed by atoms with Crippen LogP contribution in [0.15, 0.2) is 30.3 Å². The molecule has 15 heavy (non-hydrogen) atoms. The summed E-state index contributed by atoms with van der Waals surface area (Å²) in [4.78, 5) is 0. The smallest absolute Gasteiger partial charge is 0.0211 e. The van der Waals surface area contributed by atoms with Crippen molar-refractivity contribution in [1.82, 2.24) is 5.32 Å². The SMILES string of the molecule is C#CCCNC1CC(c2ccccc2)C1. The Morgan fingerprint density at radius 2 is 2.00 bits per heavy atom. The first-order valence-corrected chi connectivity index (χ1v) is 5.62. The van der Waals surface area contributed by atoms with E-state index in [1.165, 1.54) is 18.4 Å². The Balaban J connectivity index is 1.72. The molecular weight excluding hydrogens is 182 g/mol. The molecule has 1 N–H and O–H groups in total. The number of benzene rings is 1. The van der Waals surface area contributed by atoms with E-state index in [0.29, 0.717) is 6.04 Å². The van der Waals surface area contributed by atoms with Crippen molar-refractivity contribution < 1.29 is 0 Å². The van der Waals surface area contributed by atoms with Gasteiger partial charge in [0.05, 0.1) is 0 Å². The van der Waals surface area contributed by atoms with Crippen LogP contribution in [0.2, 0.25) is 0 Å². The van der Waals surface area contributed by atoms with Crippen LogP contribution in [0, 0.1) is 12.3 Å². The third kappa shape index (κ3) is 2.61. The molecule has 0 aromatic heterocycles. The van der Waals surface area contributed by atoms with Gasteiger partial charge in [0.1, 0.15) is 0 Å². The lowest BCUT2D eigenvalue weighted by Gasteiger charge is -2.36. The highest BCUT2D eigenvalue weighted by atomic mass is 14.9. The van der Waals surface area contributed by atoms with Gasteiger partial charge in [0.15, 0.2) is 0 Å². The molecular formula is C14H17N.